The lowest BCUT2D eigenvalue weighted by atomic mass is 10.2. The molecule has 3 aromatic rings. The second-order valence-electron chi connectivity index (χ2n) is 4.39. The van der Waals surface area contributed by atoms with E-state index in [-0.39, 0.29) is 0 Å². The van der Waals surface area contributed by atoms with E-state index in [9.17, 15) is 0 Å². The van der Waals surface area contributed by atoms with Crippen LogP contribution in [0.15, 0.2) is 45.3 Å². The molecule has 0 saturated heterocycles. The smallest absolute Gasteiger partial charge is 0.228 e. The minimum Gasteiger partial charge on any atom is -0.436 e. The van der Waals surface area contributed by atoms with Crippen LogP contribution >= 0.6 is 15.9 Å². The zero-order valence-electron chi connectivity index (χ0n) is 10.7. The number of aromatic nitrogens is 1. The summed E-state index contributed by atoms with van der Waals surface area (Å²) in [5.74, 6) is 0.638. The Morgan fingerprint density at radius 1 is 1.21 bits per heavy atom. The predicted octanol–water partition coefficient (Wildman–Crippen LogP) is 4.61. The first-order valence-electron chi connectivity index (χ1n) is 6.03. The van der Waals surface area contributed by atoms with E-state index in [0.717, 1.165) is 32.4 Å². The molecule has 0 aliphatic carbocycles. The number of nitrogens with zero attached hydrogens (tertiary/aromatic N) is 1. The number of fused-ring (bicyclic) bond motifs is 1. The van der Waals surface area contributed by atoms with Crippen molar-refractivity contribution in [3.63, 3.8) is 0 Å². The van der Waals surface area contributed by atoms with Crippen LogP contribution in [0, 0.1) is 6.92 Å². The van der Waals surface area contributed by atoms with E-state index in [2.05, 4.69) is 32.3 Å². The molecule has 3 rings (SSSR count). The van der Waals surface area contributed by atoms with Crippen molar-refractivity contribution in [3.05, 3.63) is 46.4 Å². The van der Waals surface area contributed by atoms with E-state index >= 15 is 0 Å². The fraction of sp³-hybridized carbons (Fsp3) is 0.133. The summed E-state index contributed by atoms with van der Waals surface area (Å²) in [4.78, 5) is 4.58. The molecule has 1 aromatic heterocycles. The van der Waals surface area contributed by atoms with E-state index in [1.807, 2.05) is 44.3 Å². The quantitative estimate of drug-likeness (QED) is 0.750. The highest BCUT2D eigenvalue weighted by Gasteiger charge is 2.13. The standard InChI is InChI=1S/C15H13BrN2O/c1-9-7-10(17-2)8-13-14(9)19-15(18-13)11-5-3-4-6-12(11)16/h3-8,17H,1-2H3. The second kappa shape index (κ2) is 4.70. The van der Waals surface area contributed by atoms with Crippen molar-refractivity contribution in [1.29, 1.82) is 0 Å². The molecule has 0 radical (unpaired) electrons. The van der Waals surface area contributed by atoms with E-state index in [1.165, 1.54) is 0 Å². The van der Waals surface area contributed by atoms with Gasteiger partial charge < -0.3 is 9.73 Å². The molecule has 0 saturated carbocycles. The molecule has 0 unspecified atom stereocenters. The molecule has 1 heterocycles. The van der Waals surface area contributed by atoms with Crippen molar-refractivity contribution < 1.29 is 4.42 Å². The van der Waals surface area contributed by atoms with Crippen LogP contribution in [0.5, 0.6) is 0 Å². The molecular formula is C15H13BrN2O. The number of nitrogens with one attached hydrogen (secondary N) is 1. The summed E-state index contributed by atoms with van der Waals surface area (Å²) in [7, 11) is 1.90. The third-order valence-corrected chi connectivity index (χ3v) is 3.76. The van der Waals surface area contributed by atoms with E-state index < -0.39 is 0 Å². The summed E-state index contributed by atoms with van der Waals surface area (Å²) >= 11 is 3.52. The number of anilines is 1. The molecule has 0 bridgehead atoms. The van der Waals surface area contributed by atoms with Crippen molar-refractivity contribution in [1.82, 2.24) is 4.98 Å². The highest BCUT2D eigenvalue weighted by molar-refractivity contribution is 9.10. The highest BCUT2D eigenvalue weighted by Crippen LogP contribution is 2.32. The molecule has 1 N–H and O–H groups in total. The molecular weight excluding hydrogens is 304 g/mol. The van der Waals surface area contributed by atoms with Gasteiger partial charge in [-0.2, -0.15) is 0 Å². The van der Waals surface area contributed by atoms with Gasteiger partial charge in [0, 0.05) is 17.2 Å². The van der Waals surface area contributed by atoms with Crippen LogP contribution < -0.4 is 5.32 Å². The van der Waals surface area contributed by atoms with Crippen LogP contribution in [0.25, 0.3) is 22.6 Å². The molecule has 4 heteroatoms. The SMILES string of the molecule is CNc1cc(C)c2oc(-c3ccccc3Br)nc2c1. The molecule has 0 fully saturated rings. The van der Waals surface area contributed by atoms with Gasteiger partial charge in [-0.05, 0) is 52.7 Å². The van der Waals surface area contributed by atoms with Crippen molar-refractivity contribution >= 4 is 32.7 Å². The topological polar surface area (TPSA) is 38.1 Å². The number of benzene rings is 2. The molecule has 0 aliphatic heterocycles. The van der Waals surface area contributed by atoms with E-state index in [4.69, 9.17) is 4.42 Å². The van der Waals surface area contributed by atoms with Crippen LogP contribution in [0.1, 0.15) is 5.56 Å². The Balaban J connectivity index is 2.22. The van der Waals surface area contributed by atoms with Gasteiger partial charge in [0.15, 0.2) is 5.58 Å². The van der Waals surface area contributed by atoms with Crippen molar-refractivity contribution in [3.8, 4) is 11.5 Å². The Bertz CT molecular complexity index is 749. The molecule has 0 amide bonds. The van der Waals surface area contributed by atoms with Crippen molar-refractivity contribution in [2.24, 2.45) is 0 Å². The average Bonchev–Trinajstić information content (AvgIpc) is 2.83. The normalized spacial score (nSPS) is 10.9. The van der Waals surface area contributed by atoms with Crippen LogP contribution in [0.4, 0.5) is 5.69 Å². The number of rotatable bonds is 2. The number of halogens is 1. The molecule has 96 valence electrons. The van der Waals surface area contributed by atoms with Crippen LogP contribution in [0.2, 0.25) is 0 Å². The van der Waals surface area contributed by atoms with Crippen LogP contribution in [0.3, 0.4) is 0 Å². The molecule has 2 aromatic carbocycles. The Hall–Kier alpha value is -1.81. The van der Waals surface area contributed by atoms with Crippen LogP contribution in [-0.2, 0) is 0 Å². The molecule has 0 aliphatic rings. The number of oxazole rings is 1. The number of hydrogen-bond acceptors (Lipinski definition) is 3. The van der Waals surface area contributed by atoms with Gasteiger partial charge >= 0.3 is 0 Å². The predicted molar refractivity (Wildman–Crippen MR) is 81.4 cm³/mol. The maximum absolute atomic E-state index is 5.90. The maximum Gasteiger partial charge on any atom is 0.228 e. The minimum atomic E-state index is 0.638. The van der Waals surface area contributed by atoms with Gasteiger partial charge in [0.05, 0.1) is 5.56 Å². The average molecular weight is 317 g/mol. The first kappa shape index (κ1) is 12.2. The first-order chi connectivity index (χ1) is 9.19. The summed E-state index contributed by atoms with van der Waals surface area (Å²) in [6.45, 7) is 2.03. The zero-order chi connectivity index (χ0) is 13.4. The van der Waals surface area contributed by atoms with Crippen LogP contribution in [-0.4, -0.2) is 12.0 Å². The Morgan fingerprint density at radius 3 is 2.74 bits per heavy atom. The third kappa shape index (κ3) is 2.12. The van der Waals surface area contributed by atoms with Gasteiger partial charge in [-0.25, -0.2) is 4.98 Å². The fourth-order valence-corrected chi connectivity index (χ4v) is 2.55. The Morgan fingerprint density at radius 2 is 2.00 bits per heavy atom. The van der Waals surface area contributed by atoms with Gasteiger partial charge in [0.2, 0.25) is 5.89 Å². The molecule has 19 heavy (non-hydrogen) atoms. The minimum absolute atomic E-state index is 0.638. The molecule has 0 spiro atoms. The first-order valence-corrected chi connectivity index (χ1v) is 6.82. The Kier molecular flexibility index (Phi) is 3.03. The summed E-state index contributed by atoms with van der Waals surface area (Å²) < 4.78 is 6.88. The second-order valence-corrected chi connectivity index (χ2v) is 5.24. The lowest BCUT2D eigenvalue weighted by Crippen LogP contribution is -1.88. The summed E-state index contributed by atoms with van der Waals surface area (Å²) in [5.41, 5.74) is 4.79. The summed E-state index contributed by atoms with van der Waals surface area (Å²) in [6, 6.07) is 12.0. The van der Waals surface area contributed by atoms with Gasteiger partial charge in [-0.3, -0.25) is 0 Å². The van der Waals surface area contributed by atoms with E-state index in [1.54, 1.807) is 0 Å². The Labute approximate surface area is 119 Å². The number of aryl methyl sites for hydroxylation is 1. The van der Waals surface area contributed by atoms with Crippen molar-refractivity contribution in [2.45, 2.75) is 6.92 Å². The van der Waals surface area contributed by atoms with Gasteiger partial charge in [-0.15, -0.1) is 0 Å². The maximum atomic E-state index is 5.90. The highest BCUT2D eigenvalue weighted by atomic mass is 79.9. The van der Waals surface area contributed by atoms with Gasteiger partial charge in [0.1, 0.15) is 5.52 Å². The fourth-order valence-electron chi connectivity index (χ4n) is 2.09. The lowest BCUT2D eigenvalue weighted by Gasteiger charge is -2.00. The lowest BCUT2D eigenvalue weighted by molar-refractivity contribution is 0.617. The summed E-state index contributed by atoms with van der Waals surface area (Å²) in [5, 5.41) is 3.13. The molecule has 3 nitrogen and oxygen atoms in total. The zero-order valence-corrected chi connectivity index (χ0v) is 12.3. The van der Waals surface area contributed by atoms with Gasteiger partial charge in [0.25, 0.3) is 0 Å². The largest absolute Gasteiger partial charge is 0.436 e. The monoisotopic (exact) mass is 316 g/mol. The molecule has 0 atom stereocenters. The number of hydrogen-bond donors (Lipinski definition) is 1. The third-order valence-electron chi connectivity index (χ3n) is 3.07. The van der Waals surface area contributed by atoms with E-state index in [0.29, 0.717) is 5.89 Å². The van der Waals surface area contributed by atoms with Gasteiger partial charge in [-0.1, -0.05) is 12.1 Å². The van der Waals surface area contributed by atoms with Crippen molar-refractivity contribution in [2.75, 3.05) is 12.4 Å². The summed E-state index contributed by atoms with van der Waals surface area (Å²) in [6.07, 6.45) is 0.